The van der Waals surface area contributed by atoms with E-state index in [0.717, 1.165) is 61.6 Å². The van der Waals surface area contributed by atoms with Crippen LogP contribution in [0.3, 0.4) is 0 Å². The van der Waals surface area contributed by atoms with Gasteiger partial charge >= 0.3 is 0 Å². The summed E-state index contributed by atoms with van der Waals surface area (Å²) in [6.07, 6.45) is 0. The molecule has 6 aromatic rings. The van der Waals surface area contributed by atoms with Crippen molar-refractivity contribution in [1.29, 1.82) is 21.0 Å². The Labute approximate surface area is 267 Å². The molecule has 0 aliphatic rings. The van der Waals surface area contributed by atoms with Gasteiger partial charge in [0.25, 0.3) is 0 Å². The fraction of sp³-hybridized carbons (Fsp3) is 0.125. The number of thiophene rings is 4. The highest BCUT2D eigenvalue weighted by Crippen LogP contribution is 2.51. The number of benzene rings is 2. The van der Waals surface area contributed by atoms with Gasteiger partial charge in [-0.2, -0.15) is 21.0 Å². The molecule has 0 aliphatic carbocycles. The number of hydrogen-bond donors (Lipinski definition) is 0. The molecule has 0 saturated carbocycles. The molecule has 0 unspecified atom stereocenters. The molecule has 0 bridgehead atoms. The maximum Gasteiger partial charge on any atom is 0.219 e. The Morgan fingerprint density at radius 2 is 0.955 bits per heavy atom. The summed E-state index contributed by atoms with van der Waals surface area (Å²) in [6, 6.07) is 19.5. The van der Waals surface area contributed by atoms with E-state index in [1.165, 1.54) is 22.7 Å². The number of rotatable bonds is 6. The van der Waals surface area contributed by atoms with Gasteiger partial charge in [0.1, 0.15) is 45.8 Å². The van der Waals surface area contributed by atoms with Gasteiger partial charge in [0.15, 0.2) is 0 Å². The molecule has 0 saturated heterocycles. The first-order chi connectivity index (χ1) is 21.3. The highest BCUT2D eigenvalue weighted by atomic mass is 32.1. The van der Waals surface area contributed by atoms with E-state index in [0.29, 0.717) is 21.5 Å². The molecule has 8 nitrogen and oxygen atoms in total. The highest BCUT2D eigenvalue weighted by Gasteiger charge is 2.21. The topological polar surface area (TPSA) is 138 Å². The van der Waals surface area contributed by atoms with Crippen LogP contribution in [0.2, 0.25) is 0 Å². The van der Waals surface area contributed by atoms with Crippen LogP contribution in [-0.4, -0.2) is 25.6 Å². The predicted molar refractivity (Wildman–Crippen MR) is 181 cm³/mol. The van der Waals surface area contributed by atoms with Crippen molar-refractivity contribution in [2.24, 2.45) is 9.98 Å². The maximum absolute atomic E-state index is 9.15. The second kappa shape index (κ2) is 11.5. The van der Waals surface area contributed by atoms with E-state index >= 15 is 0 Å². The van der Waals surface area contributed by atoms with Gasteiger partial charge in [0.2, 0.25) is 11.4 Å². The first-order valence-electron chi connectivity index (χ1n) is 12.9. The molecule has 212 valence electrons. The van der Waals surface area contributed by atoms with E-state index in [1.807, 2.05) is 24.3 Å². The molecule has 0 N–H and O–H groups in total. The SMILES string of the molecule is COc1cc(N=C(C#N)C#N)sc1-c1cc2c(C)cc3c(cc(C)c4cc(-c5sc(N=C(C#N)C#N)cc5OC)sc43)c2s1. The average molecular weight is 647 g/mol. The Morgan fingerprint density at radius 1 is 0.568 bits per heavy atom. The monoisotopic (exact) mass is 646 g/mol. The van der Waals surface area contributed by atoms with Gasteiger partial charge in [-0.15, -0.1) is 45.3 Å². The minimum Gasteiger partial charge on any atom is -0.495 e. The number of aryl methyl sites for hydroxylation is 2. The number of nitrogens with zero attached hydrogens (tertiary/aromatic N) is 6. The third-order valence-corrected chi connectivity index (χ3v) is 11.7. The van der Waals surface area contributed by atoms with E-state index in [9.17, 15) is 0 Å². The Balaban J connectivity index is 1.53. The molecule has 0 atom stereocenters. The predicted octanol–water partition coefficient (Wildman–Crippen LogP) is 9.60. The zero-order chi connectivity index (χ0) is 31.1. The van der Waals surface area contributed by atoms with Crippen molar-refractivity contribution < 1.29 is 9.47 Å². The van der Waals surface area contributed by atoms with Crippen molar-refractivity contribution in [1.82, 2.24) is 0 Å². The van der Waals surface area contributed by atoms with Crippen LogP contribution < -0.4 is 9.47 Å². The zero-order valence-corrected chi connectivity index (χ0v) is 26.9. The summed E-state index contributed by atoms with van der Waals surface area (Å²) in [5, 5.41) is 42.3. The quantitative estimate of drug-likeness (QED) is 0.165. The molecule has 0 fully saturated rings. The van der Waals surface area contributed by atoms with E-state index in [4.69, 9.17) is 30.5 Å². The summed E-state index contributed by atoms with van der Waals surface area (Å²) in [4.78, 5) is 12.2. The van der Waals surface area contributed by atoms with E-state index in [2.05, 4.69) is 48.1 Å². The Hall–Kier alpha value is -5.08. The standard InChI is InChI=1S/C32H18N6O2S4/c1-15-5-21-22(29-19(15)7-25(41-29)31-23(39-3)9-27(43-31)37-17(11-33)12-34)6-16(2)20-8-26(42-30(20)21)32-24(40-4)10-28(44-32)38-18(13-35)14-36/h5-10H,1-4H3. The van der Waals surface area contributed by atoms with Crippen LogP contribution in [0, 0.1) is 59.2 Å². The third-order valence-electron chi connectivity index (χ3n) is 6.94. The Kier molecular flexibility index (Phi) is 7.61. The van der Waals surface area contributed by atoms with Crippen LogP contribution in [-0.2, 0) is 0 Å². The normalized spacial score (nSPS) is 10.6. The van der Waals surface area contributed by atoms with Crippen molar-refractivity contribution in [3.8, 4) is 55.3 Å². The van der Waals surface area contributed by atoms with Crippen LogP contribution in [0.1, 0.15) is 11.1 Å². The van der Waals surface area contributed by atoms with Gasteiger partial charge in [-0.3, -0.25) is 0 Å². The highest BCUT2D eigenvalue weighted by molar-refractivity contribution is 7.29. The minimum atomic E-state index is -0.202. The fourth-order valence-corrected chi connectivity index (χ4v) is 9.69. The number of aliphatic imine (C=N–C) groups is 2. The molecule has 4 heterocycles. The number of fused-ring (bicyclic) bond motifs is 5. The summed E-state index contributed by atoms with van der Waals surface area (Å²) in [5.41, 5.74) is 1.88. The van der Waals surface area contributed by atoms with E-state index in [1.54, 1.807) is 49.0 Å². The average Bonchev–Trinajstić information content (AvgIpc) is 3.83. The van der Waals surface area contributed by atoms with Crippen LogP contribution in [0.5, 0.6) is 11.5 Å². The molecular formula is C32H18N6O2S4. The van der Waals surface area contributed by atoms with E-state index < -0.39 is 0 Å². The summed E-state index contributed by atoms with van der Waals surface area (Å²) >= 11 is 6.12. The van der Waals surface area contributed by atoms with Crippen molar-refractivity contribution in [2.75, 3.05) is 14.2 Å². The third kappa shape index (κ3) is 4.87. The molecular weight excluding hydrogens is 629 g/mol. The summed E-state index contributed by atoms with van der Waals surface area (Å²) in [7, 11) is 3.20. The van der Waals surface area contributed by atoms with Crippen LogP contribution in [0.15, 0.2) is 46.4 Å². The lowest BCUT2D eigenvalue weighted by Crippen LogP contribution is -1.84. The largest absolute Gasteiger partial charge is 0.495 e. The smallest absolute Gasteiger partial charge is 0.219 e. The van der Waals surface area contributed by atoms with E-state index in [-0.39, 0.29) is 11.4 Å². The molecule has 0 aliphatic heterocycles. The minimum absolute atomic E-state index is 0.202. The van der Waals surface area contributed by atoms with Crippen molar-refractivity contribution >= 4 is 97.7 Å². The van der Waals surface area contributed by atoms with Crippen LogP contribution in [0.25, 0.3) is 50.5 Å². The number of methoxy groups -OCH3 is 2. The molecule has 12 heteroatoms. The Bertz CT molecular complexity index is 2190. The van der Waals surface area contributed by atoms with Gasteiger partial charge in [0.05, 0.1) is 24.0 Å². The summed E-state index contributed by atoms with van der Waals surface area (Å²) in [5.74, 6) is 1.29. The van der Waals surface area contributed by atoms with Crippen molar-refractivity contribution in [2.45, 2.75) is 13.8 Å². The van der Waals surface area contributed by atoms with Gasteiger partial charge in [-0.1, -0.05) is 0 Å². The first kappa shape index (κ1) is 29.0. The van der Waals surface area contributed by atoms with Crippen LogP contribution >= 0.6 is 45.3 Å². The van der Waals surface area contributed by atoms with Gasteiger partial charge in [0, 0.05) is 42.1 Å². The van der Waals surface area contributed by atoms with Crippen molar-refractivity contribution in [3.63, 3.8) is 0 Å². The van der Waals surface area contributed by atoms with Crippen LogP contribution in [0.4, 0.5) is 10.0 Å². The lowest BCUT2D eigenvalue weighted by atomic mass is 9.99. The maximum atomic E-state index is 9.15. The Morgan fingerprint density at radius 3 is 1.30 bits per heavy atom. The molecule has 6 rings (SSSR count). The lowest BCUT2D eigenvalue weighted by molar-refractivity contribution is 0.418. The summed E-state index contributed by atoms with van der Waals surface area (Å²) < 4.78 is 13.6. The molecule has 0 amide bonds. The van der Waals surface area contributed by atoms with Gasteiger partial charge < -0.3 is 9.47 Å². The lowest BCUT2D eigenvalue weighted by Gasteiger charge is -2.07. The number of hydrogen-bond acceptors (Lipinski definition) is 12. The molecule has 44 heavy (non-hydrogen) atoms. The molecule has 4 aromatic heterocycles. The molecule has 0 radical (unpaired) electrons. The zero-order valence-electron chi connectivity index (χ0n) is 23.6. The molecule has 2 aromatic carbocycles. The number of ether oxygens (including phenoxy) is 2. The summed E-state index contributed by atoms with van der Waals surface area (Å²) in [6.45, 7) is 4.22. The fourth-order valence-electron chi connectivity index (χ4n) is 4.96. The van der Waals surface area contributed by atoms with Gasteiger partial charge in [-0.25, -0.2) is 9.98 Å². The second-order valence-corrected chi connectivity index (χ2v) is 13.7. The first-order valence-corrected chi connectivity index (χ1v) is 16.1. The second-order valence-electron chi connectivity index (χ2n) is 9.52. The molecule has 0 spiro atoms. The number of nitriles is 4. The van der Waals surface area contributed by atoms with Gasteiger partial charge in [-0.05, 0) is 60.0 Å². The van der Waals surface area contributed by atoms with Crippen molar-refractivity contribution in [3.05, 3.63) is 47.5 Å².